The lowest BCUT2D eigenvalue weighted by atomic mass is 9.48. The minimum Gasteiger partial charge on any atom is -0.324 e. The van der Waals surface area contributed by atoms with Crippen LogP contribution in [0.25, 0.3) is 0 Å². The SMILES string of the molecule is CC1=C2N(C)C(=O)C(C(=O)Nc3ccccc3Cl)C[C@]2(C)[C@@H]2CC[C@]3(C)CCC[C@H]3[C@@H]2C1. The highest BCUT2D eigenvalue weighted by atomic mass is 35.5. The first-order chi connectivity index (χ1) is 15.2. The number of anilines is 1. The van der Waals surface area contributed by atoms with E-state index in [-0.39, 0.29) is 17.2 Å². The Kier molecular flexibility index (Phi) is 5.24. The third-order valence-electron chi connectivity index (χ3n) is 9.56. The summed E-state index contributed by atoms with van der Waals surface area (Å²) >= 11 is 6.27. The summed E-state index contributed by atoms with van der Waals surface area (Å²) in [6.45, 7) is 7.06. The highest BCUT2D eigenvalue weighted by Gasteiger charge is 2.60. The molecular weight excluding hydrogens is 420 g/mol. The van der Waals surface area contributed by atoms with Crippen molar-refractivity contribution in [3.8, 4) is 0 Å². The Morgan fingerprint density at radius 3 is 2.66 bits per heavy atom. The largest absolute Gasteiger partial charge is 0.324 e. The van der Waals surface area contributed by atoms with E-state index in [0.29, 0.717) is 34.4 Å². The zero-order chi connectivity index (χ0) is 22.8. The predicted molar refractivity (Wildman–Crippen MR) is 128 cm³/mol. The molecule has 1 saturated heterocycles. The Labute approximate surface area is 196 Å². The van der Waals surface area contributed by atoms with Crippen LogP contribution in [-0.4, -0.2) is 23.8 Å². The lowest BCUT2D eigenvalue weighted by molar-refractivity contribution is -0.147. The first kappa shape index (κ1) is 22.0. The van der Waals surface area contributed by atoms with Crippen molar-refractivity contribution in [3.05, 3.63) is 40.6 Å². The number of para-hydroxylation sites is 1. The molecule has 5 rings (SSSR count). The summed E-state index contributed by atoms with van der Waals surface area (Å²) in [7, 11) is 1.87. The van der Waals surface area contributed by atoms with Crippen molar-refractivity contribution < 1.29 is 9.59 Å². The molecule has 1 aliphatic heterocycles. The standard InChI is InChI=1S/C27H35ClN2O2/c1-16-14-17-19-8-7-12-26(19,2)13-11-20(17)27(3)15-18(25(32)30(4)23(16)27)24(31)29-22-10-6-5-9-21(22)28/h5-6,9-10,17-20H,7-8,11-15H2,1-4H3,(H,29,31)/t17-,18?,19-,20+,26-,27+/m0/s1. The number of allylic oxidation sites excluding steroid dienone is 2. The summed E-state index contributed by atoms with van der Waals surface area (Å²) in [4.78, 5) is 28.5. The lowest BCUT2D eigenvalue weighted by Crippen LogP contribution is -2.57. The van der Waals surface area contributed by atoms with Crippen LogP contribution in [0.1, 0.15) is 65.7 Å². The Hall–Kier alpha value is -1.81. The monoisotopic (exact) mass is 454 g/mol. The summed E-state index contributed by atoms with van der Waals surface area (Å²) in [5.41, 5.74) is 3.44. The Balaban J connectivity index is 1.48. The number of nitrogens with one attached hydrogen (secondary N) is 1. The number of amides is 2. The molecule has 0 radical (unpaired) electrons. The zero-order valence-corrected chi connectivity index (χ0v) is 20.5. The van der Waals surface area contributed by atoms with Gasteiger partial charge >= 0.3 is 0 Å². The molecule has 2 saturated carbocycles. The van der Waals surface area contributed by atoms with Crippen LogP contribution in [0.4, 0.5) is 5.69 Å². The topological polar surface area (TPSA) is 49.4 Å². The normalized spacial score (nSPS) is 38.8. The van der Waals surface area contributed by atoms with Gasteiger partial charge in [-0.1, -0.05) is 49.6 Å². The average molecular weight is 455 g/mol. The van der Waals surface area contributed by atoms with Crippen LogP contribution in [0.15, 0.2) is 35.5 Å². The molecule has 2 amide bonds. The number of fused-ring (bicyclic) bond motifs is 5. The van der Waals surface area contributed by atoms with E-state index < -0.39 is 5.92 Å². The first-order valence-corrected chi connectivity index (χ1v) is 12.6. The van der Waals surface area contributed by atoms with E-state index in [1.165, 1.54) is 43.4 Å². The van der Waals surface area contributed by atoms with E-state index in [1.807, 2.05) is 24.1 Å². The van der Waals surface area contributed by atoms with E-state index in [1.54, 1.807) is 12.1 Å². The molecule has 6 atom stereocenters. The minimum atomic E-state index is -0.687. The second kappa shape index (κ2) is 7.62. The number of piperidine rings is 1. The lowest BCUT2D eigenvalue weighted by Gasteiger charge is -2.59. The number of carbonyl (C=O) groups is 2. The molecule has 32 heavy (non-hydrogen) atoms. The van der Waals surface area contributed by atoms with Gasteiger partial charge < -0.3 is 10.2 Å². The average Bonchev–Trinajstić information content (AvgIpc) is 3.14. The molecule has 1 heterocycles. The van der Waals surface area contributed by atoms with Gasteiger partial charge in [-0.3, -0.25) is 9.59 Å². The molecule has 1 N–H and O–H groups in total. The van der Waals surface area contributed by atoms with Crippen LogP contribution >= 0.6 is 11.6 Å². The maximum atomic E-state index is 13.4. The van der Waals surface area contributed by atoms with Crippen molar-refractivity contribution in [3.63, 3.8) is 0 Å². The van der Waals surface area contributed by atoms with E-state index in [0.717, 1.165) is 12.3 Å². The van der Waals surface area contributed by atoms with Gasteiger partial charge in [0.1, 0.15) is 5.92 Å². The van der Waals surface area contributed by atoms with Crippen molar-refractivity contribution in [2.24, 2.45) is 34.5 Å². The Bertz CT molecular complexity index is 1000. The molecule has 1 unspecified atom stereocenters. The Morgan fingerprint density at radius 1 is 1.16 bits per heavy atom. The summed E-state index contributed by atoms with van der Waals surface area (Å²) in [5.74, 6) is 0.946. The number of hydrogen-bond acceptors (Lipinski definition) is 2. The van der Waals surface area contributed by atoms with Crippen LogP contribution in [0, 0.1) is 34.5 Å². The Morgan fingerprint density at radius 2 is 1.91 bits per heavy atom. The van der Waals surface area contributed by atoms with Crippen molar-refractivity contribution >= 4 is 29.1 Å². The molecule has 4 aliphatic rings. The van der Waals surface area contributed by atoms with Gasteiger partial charge in [0.2, 0.25) is 11.8 Å². The van der Waals surface area contributed by atoms with Crippen molar-refractivity contribution in [2.45, 2.75) is 65.7 Å². The smallest absolute Gasteiger partial charge is 0.239 e. The maximum Gasteiger partial charge on any atom is 0.239 e. The second-order valence-corrected chi connectivity index (χ2v) is 11.7. The van der Waals surface area contributed by atoms with Crippen LogP contribution < -0.4 is 5.32 Å². The van der Waals surface area contributed by atoms with Gasteiger partial charge in [-0.05, 0) is 80.8 Å². The number of carbonyl (C=O) groups excluding carboxylic acids is 2. The molecule has 0 spiro atoms. The van der Waals surface area contributed by atoms with Gasteiger partial charge in [0.25, 0.3) is 0 Å². The van der Waals surface area contributed by atoms with Crippen LogP contribution in [0.2, 0.25) is 5.02 Å². The van der Waals surface area contributed by atoms with E-state index >= 15 is 0 Å². The van der Waals surface area contributed by atoms with Crippen molar-refractivity contribution in [1.29, 1.82) is 0 Å². The fourth-order valence-electron chi connectivity index (χ4n) is 8.23. The predicted octanol–water partition coefficient (Wildman–Crippen LogP) is 6.27. The zero-order valence-electron chi connectivity index (χ0n) is 19.7. The molecule has 3 aliphatic carbocycles. The molecule has 4 nitrogen and oxygen atoms in total. The van der Waals surface area contributed by atoms with Gasteiger partial charge in [0.05, 0.1) is 10.7 Å². The third-order valence-corrected chi connectivity index (χ3v) is 9.89. The van der Waals surface area contributed by atoms with E-state index in [2.05, 4.69) is 26.1 Å². The molecule has 0 bridgehead atoms. The van der Waals surface area contributed by atoms with Crippen LogP contribution in [0.5, 0.6) is 0 Å². The second-order valence-electron chi connectivity index (χ2n) is 11.3. The molecule has 172 valence electrons. The highest BCUT2D eigenvalue weighted by Crippen LogP contribution is 2.65. The number of halogens is 1. The van der Waals surface area contributed by atoms with Crippen molar-refractivity contribution in [2.75, 3.05) is 12.4 Å². The first-order valence-electron chi connectivity index (χ1n) is 12.2. The van der Waals surface area contributed by atoms with Gasteiger partial charge in [-0.15, -0.1) is 0 Å². The summed E-state index contributed by atoms with van der Waals surface area (Å²) in [5, 5.41) is 3.43. The molecule has 0 aromatic heterocycles. The van der Waals surface area contributed by atoms with Gasteiger partial charge in [-0.2, -0.15) is 0 Å². The summed E-state index contributed by atoms with van der Waals surface area (Å²) in [6, 6.07) is 7.21. The van der Waals surface area contributed by atoms with E-state index in [9.17, 15) is 9.59 Å². The third kappa shape index (κ3) is 3.16. The molecule has 1 aromatic rings. The molecule has 3 fully saturated rings. The number of benzene rings is 1. The molecular formula is C27H35ClN2O2. The molecule has 1 aromatic carbocycles. The number of likely N-dealkylation sites (tertiary alicyclic amines) is 1. The summed E-state index contributed by atoms with van der Waals surface area (Å²) in [6.07, 6.45) is 8.20. The number of nitrogens with zero attached hydrogens (tertiary/aromatic N) is 1. The van der Waals surface area contributed by atoms with Crippen LogP contribution in [0.3, 0.4) is 0 Å². The fourth-order valence-corrected chi connectivity index (χ4v) is 8.41. The van der Waals surface area contributed by atoms with Gasteiger partial charge in [-0.25, -0.2) is 0 Å². The van der Waals surface area contributed by atoms with E-state index in [4.69, 9.17) is 11.6 Å². The van der Waals surface area contributed by atoms with Gasteiger partial charge in [0.15, 0.2) is 0 Å². The fraction of sp³-hybridized carbons (Fsp3) is 0.630. The van der Waals surface area contributed by atoms with Crippen LogP contribution in [-0.2, 0) is 9.59 Å². The minimum absolute atomic E-state index is 0.0960. The molecule has 5 heteroatoms. The number of hydrogen-bond donors (Lipinski definition) is 1. The van der Waals surface area contributed by atoms with Gasteiger partial charge in [0, 0.05) is 18.2 Å². The summed E-state index contributed by atoms with van der Waals surface area (Å²) < 4.78 is 0. The van der Waals surface area contributed by atoms with Crippen molar-refractivity contribution in [1.82, 2.24) is 4.90 Å². The highest BCUT2D eigenvalue weighted by molar-refractivity contribution is 6.33. The number of rotatable bonds is 2. The maximum absolute atomic E-state index is 13.4. The quantitative estimate of drug-likeness (QED) is 0.535.